The van der Waals surface area contributed by atoms with E-state index in [1.54, 1.807) is 32.4 Å². The van der Waals surface area contributed by atoms with Crippen LogP contribution < -0.4 is 9.47 Å². The fourth-order valence-electron chi connectivity index (χ4n) is 1.97. The molecular formula is C16H15BrO3. The molecule has 0 atom stereocenters. The number of methoxy groups -OCH3 is 2. The summed E-state index contributed by atoms with van der Waals surface area (Å²) in [6, 6.07) is 10.8. The molecule has 0 aliphatic rings. The second-order valence-corrected chi connectivity index (χ2v) is 5.27. The van der Waals surface area contributed by atoms with Gasteiger partial charge in [-0.15, -0.1) is 0 Å². The largest absolute Gasteiger partial charge is 0.497 e. The summed E-state index contributed by atoms with van der Waals surface area (Å²) >= 11 is 3.39. The number of benzene rings is 2. The summed E-state index contributed by atoms with van der Waals surface area (Å²) in [5.41, 5.74) is 2.11. The van der Waals surface area contributed by atoms with Crippen molar-refractivity contribution in [2.24, 2.45) is 0 Å². The first-order valence-electron chi connectivity index (χ1n) is 6.09. The molecule has 0 heterocycles. The predicted octanol–water partition coefficient (Wildman–Crippen LogP) is 4.01. The number of ether oxygens (including phenoxy) is 2. The van der Waals surface area contributed by atoms with E-state index in [0.29, 0.717) is 22.6 Å². The maximum atomic E-state index is 12.7. The highest BCUT2D eigenvalue weighted by atomic mass is 79.9. The first-order valence-corrected chi connectivity index (χ1v) is 6.89. The van der Waals surface area contributed by atoms with Gasteiger partial charge in [-0.2, -0.15) is 0 Å². The Morgan fingerprint density at radius 3 is 2.40 bits per heavy atom. The Balaban J connectivity index is 2.50. The van der Waals surface area contributed by atoms with Crippen LogP contribution in [-0.2, 0) is 0 Å². The van der Waals surface area contributed by atoms with Gasteiger partial charge >= 0.3 is 0 Å². The maximum absolute atomic E-state index is 12.7. The Morgan fingerprint density at radius 1 is 1.00 bits per heavy atom. The van der Waals surface area contributed by atoms with Crippen LogP contribution in [0.25, 0.3) is 0 Å². The number of carbonyl (C=O) groups excluding carboxylic acids is 1. The molecule has 20 heavy (non-hydrogen) atoms. The highest BCUT2D eigenvalue weighted by Crippen LogP contribution is 2.28. The summed E-state index contributed by atoms with van der Waals surface area (Å²) in [6.07, 6.45) is 0. The van der Waals surface area contributed by atoms with Crippen molar-refractivity contribution in [3.05, 3.63) is 57.6 Å². The van der Waals surface area contributed by atoms with E-state index in [0.717, 1.165) is 10.0 Å². The third-order valence-electron chi connectivity index (χ3n) is 3.10. The van der Waals surface area contributed by atoms with E-state index in [4.69, 9.17) is 9.47 Å². The molecule has 0 spiro atoms. The molecule has 0 saturated carbocycles. The lowest BCUT2D eigenvalue weighted by atomic mass is 9.98. The number of carbonyl (C=O) groups is 1. The first kappa shape index (κ1) is 14.6. The average Bonchev–Trinajstić information content (AvgIpc) is 2.48. The van der Waals surface area contributed by atoms with Gasteiger partial charge < -0.3 is 9.47 Å². The van der Waals surface area contributed by atoms with Crippen LogP contribution in [0, 0.1) is 6.92 Å². The molecule has 0 amide bonds. The van der Waals surface area contributed by atoms with Gasteiger partial charge in [-0.05, 0) is 36.8 Å². The monoisotopic (exact) mass is 334 g/mol. The Morgan fingerprint density at radius 2 is 1.75 bits per heavy atom. The standard InChI is InChI=1S/C16H15BrO3/c1-10-4-5-11(17)8-14(10)16(18)13-7-6-12(19-2)9-15(13)20-3/h4-9H,1-3H3. The predicted molar refractivity (Wildman–Crippen MR) is 81.9 cm³/mol. The normalized spacial score (nSPS) is 10.2. The lowest BCUT2D eigenvalue weighted by Crippen LogP contribution is -2.06. The summed E-state index contributed by atoms with van der Waals surface area (Å²) in [4.78, 5) is 12.7. The molecule has 0 saturated heterocycles. The van der Waals surface area contributed by atoms with E-state index in [1.807, 2.05) is 25.1 Å². The second-order valence-electron chi connectivity index (χ2n) is 4.35. The zero-order valence-corrected chi connectivity index (χ0v) is 13.2. The van der Waals surface area contributed by atoms with Gasteiger partial charge in [-0.3, -0.25) is 4.79 Å². The number of halogens is 1. The molecule has 0 aromatic heterocycles. The molecule has 104 valence electrons. The minimum atomic E-state index is -0.0664. The van der Waals surface area contributed by atoms with Crippen LogP contribution >= 0.6 is 15.9 Å². The van der Waals surface area contributed by atoms with Gasteiger partial charge in [0.25, 0.3) is 0 Å². The van der Waals surface area contributed by atoms with Crippen LogP contribution in [0.4, 0.5) is 0 Å². The van der Waals surface area contributed by atoms with Crippen LogP contribution in [-0.4, -0.2) is 20.0 Å². The second kappa shape index (κ2) is 6.09. The average molecular weight is 335 g/mol. The Labute approximate surface area is 126 Å². The van der Waals surface area contributed by atoms with Crippen LogP contribution in [0.15, 0.2) is 40.9 Å². The highest BCUT2D eigenvalue weighted by molar-refractivity contribution is 9.10. The summed E-state index contributed by atoms with van der Waals surface area (Å²) in [6.45, 7) is 1.91. The van der Waals surface area contributed by atoms with Crippen molar-refractivity contribution in [1.29, 1.82) is 0 Å². The number of hydrogen-bond acceptors (Lipinski definition) is 3. The van der Waals surface area contributed by atoms with E-state index >= 15 is 0 Å². The summed E-state index contributed by atoms with van der Waals surface area (Å²) < 4.78 is 11.3. The molecule has 0 aliphatic carbocycles. The fraction of sp³-hybridized carbons (Fsp3) is 0.188. The van der Waals surface area contributed by atoms with Crippen molar-refractivity contribution in [3.63, 3.8) is 0 Å². The number of hydrogen-bond donors (Lipinski definition) is 0. The molecule has 0 radical (unpaired) electrons. The van der Waals surface area contributed by atoms with Crippen molar-refractivity contribution < 1.29 is 14.3 Å². The van der Waals surface area contributed by atoms with Crippen molar-refractivity contribution in [1.82, 2.24) is 0 Å². The fourth-order valence-corrected chi connectivity index (χ4v) is 2.33. The number of ketones is 1. The quantitative estimate of drug-likeness (QED) is 0.792. The lowest BCUT2D eigenvalue weighted by Gasteiger charge is -2.11. The van der Waals surface area contributed by atoms with Crippen LogP contribution in [0.5, 0.6) is 11.5 Å². The highest BCUT2D eigenvalue weighted by Gasteiger charge is 2.17. The Bertz CT molecular complexity index is 650. The molecular weight excluding hydrogens is 320 g/mol. The van der Waals surface area contributed by atoms with Gasteiger partial charge in [0, 0.05) is 16.1 Å². The third-order valence-corrected chi connectivity index (χ3v) is 3.59. The van der Waals surface area contributed by atoms with Crippen LogP contribution in [0.3, 0.4) is 0 Å². The Hall–Kier alpha value is -1.81. The molecule has 0 unspecified atom stereocenters. The molecule has 2 aromatic rings. The maximum Gasteiger partial charge on any atom is 0.197 e. The van der Waals surface area contributed by atoms with Gasteiger partial charge in [-0.25, -0.2) is 0 Å². The first-order chi connectivity index (χ1) is 9.56. The zero-order valence-electron chi connectivity index (χ0n) is 11.6. The molecule has 2 aromatic carbocycles. The number of aryl methyl sites for hydroxylation is 1. The van der Waals surface area contributed by atoms with E-state index in [9.17, 15) is 4.79 Å². The van der Waals surface area contributed by atoms with E-state index in [1.165, 1.54) is 0 Å². The molecule has 0 N–H and O–H groups in total. The topological polar surface area (TPSA) is 35.5 Å². The molecule has 0 aliphatic heterocycles. The van der Waals surface area contributed by atoms with Gasteiger partial charge in [0.15, 0.2) is 5.78 Å². The SMILES string of the molecule is COc1ccc(C(=O)c2cc(Br)ccc2C)c(OC)c1. The van der Waals surface area contributed by atoms with Crippen LogP contribution in [0.1, 0.15) is 21.5 Å². The molecule has 0 fully saturated rings. The van der Waals surface area contributed by atoms with Crippen molar-refractivity contribution >= 4 is 21.7 Å². The molecule has 4 heteroatoms. The van der Waals surface area contributed by atoms with Crippen LogP contribution in [0.2, 0.25) is 0 Å². The van der Waals surface area contributed by atoms with E-state index < -0.39 is 0 Å². The van der Waals surface area contributed by atoms with E-state index in [-0.39, 0.29) is 5.78 Å². The molecule has 3 nitrogen and oxygen atoms in total. The van der Waals surface area contributed by atoms with Gasteiger partial charge in [-0.1, -0.05) is 22.0 Å². The minimum absolute atomic E-state index is 0.0664. The molecule has 2 rings (SSSR count). The van der Waals surface area contributed by atoms with Gasteiger partial charge in [0.05, 0.1) is 19.8 Å². The lowest BCUT2D eigenvalue weighted by molar-refractivity contribution is 0.103. The van der Waals surface area contributed by atoms with Gasteiger partial charge in [0.1, 0.15) is 11.5 Å². The van der Waals surface area contributed by atoms with Crippen molar-refractivity contribution in [2.75, 3.05) is 14.2 Å². The zero-order chi connectivity index (χ0) is 14.7. The minimum Gasteiger partial charge on any atom is -0.497 e. The summed E-state index contributed by atoms with van der Waals surface area (Å²) in [5.74, 6) is 1.10. The van der Waals surface area contributed by atoms with Crippen molar-refractivity contribution in [3.8, 4) is 11.5 Å². The van der Waals surface area contributed by atoms with Gasteiger partial charge in [0.2, 0.25) is 0 Å². The third kappa shape index (κ3) is 2.85. The number of rotatable bonds is 4. The summed E-state index contributed by atoms with van der Waals surface area (Å²) in [5, 5.41) is 0. The molecule has 0 bridgehead atoms. The van der Waals surface area contributed by atoms with Crippen molar-refractivity contribution in [2.45, 2.75) is 6.92 Å². The van der Waals surface area contributed by atoms with E-state index in [2.05, 4.69) is 15.9 Å². The Kier molecular flexibility index (Phi) is 4.45. The summed E-state index contributed by atoms with van der Waals surface area (Å²) in [7, 11) is 3.12. The smallest absolute Gasteiger partial charge is 0.197 e.